The average Bonchev–Trinajstić information content (AvgIpc) is 2.00. The molecule has 0 heterocycles. The summed E-state index contributed by atoms with van der Waals surface area (Å²) < 4.78 is 9.61. The molecule has 10 heavy (non-hydrogen) atoms. The molecule has 2 N–H and O–H groups in total. The molecule has 2 radical (unpaired) electrons. The molecule has 0 aliphatic heterocycles. The summed E-state index contributed by atoms with van der Waals surface area (Å²) in [5.74, 6) is 5.44. The van der Waals surface area contributed by atoms with Crippen LogP contribution in [0.5, 0.6) is 0 Å². The van der Waals surface area contributed by atoms with Gasteiger partial charge in [-0.3, -0.25) is 5.84 Å². The van der Waals surface area contributed by atoms with Crippen molar-refractivity contribution < 1.29 is 9.47 Å². The number of hydrogen-bond acceptors (Lipinski definition) is 4. The van der Waals surface area contributed by atoms with Crippen LogP contribution in [-0.4, -0.2) is 39.4 Å². The minimum absolute atomic E-state index is 0.241. The van der Waals surface area contributed by atoms with Crippen LogP contribution in [0.3, 0.4) is 0 Å². The summed E-state index contributed by atoms with van der Waals surface area (Å²) in [5.41, 5.74) is 0. The van der Waals surface area contributed by atoms with Crippen LogP contribution in [-0.2, 0) is 9.47 Å². The number of ether oxygens (including phenoxy) is 2. The maximum atomic E-state index is 5.44. The smallest absolute Gasteiger partial charge is 0.133 e. The first-order valence-electron chi connectivity index (χ1n) is 2.97. The molecule has 0 bridgehead atoms. The Hall–Kier alpha value is -0.0951. The topological polar surface area (TPSA) is 47.7 Å². The second kappa shape index (κ2) is 4.68. The zero-order valence-electron chi connectivity index (χ0n) is 6.57. The minimum atomic E-state index is -0.616. The van der Waals surface area contributed by atoms with E-state index < -0.39 is 6.13 Å². The van der Waals surface area contributed by atoms with E-state index in [1.54, 1.807) is 14.0 Å². The fourth-order valence-corrected chi connectivity index (χ4v) is 0.450. The molecule has 4 nitrogen and oxygen atoms in total. The Labute approximate surface area is 62.6 Å². The van der Waals surface area contributed by atoms with Gasteiger partial charge in [0.15, 0.2) is 0 Å². The van der Waals surface area contributed by atoms with Crippen molar-refractivity contribution in [2.75, 3.05) is 14.2 Å². The molecule has 0 saturated carbocycles. The highest BCUT2D eigenvalue weighted by atomic mass is 16.5. The molecule has 2 atom stereocenters. The Morgan fingerprint density at radius 1 is 1.40 bits per heavy atom. The van der Waals surface area contributed by atoms with Crippen molar-refractivity contribution in [1.82, 2.24) is 5.01 Å². The van der Waals surface area contributed by atoms with E-state index in [4.69, 9.17) is 23.2 Å². The number of nitrogens with zero attached hydrogens (tertiary/aromatic N) is 1. The SMILES string of the molecule is [B]C(OC)N(N)C(C)OC. The van der Waals surface area contributed by atoms with E-state index in [0.29, 0.717) is 0 Å². The third-order valence-corrected chi connectivity index (χ3v) is 1.30. The largest absolute Gasteiger partial charge is 0.375 e. The van der Waals surface area contributed by atoms with Gasteiger partial charge in [-0.15, -0.1) is 0 Å². The lowest BCUT2D eigenvalue weighted by Crippen LogP contribution is -2.48. The van der Waals surface area contributed by atoms with Gasteiger partial charge in [0.2, 0.25) is 0 Å². The number of hydrazine groups is 1. The fraction of sp³-hybridized carbons (Fsp3) is 1.00. The summed E-state index contributed by atoms with van der Waals surface area (Å²) in [4.78, 5) is 0. The zero-order chi connectivity index (χ0) is 8.15. The lowest BCUT2D eigenvalue weighted by molar-refractivity contribution is -0.0917. The van der Waals surface area contributed by atoms with Gasteiger partial charge in [0.05, 0.1) is 6.13 Å². The Morgan fingerprint density at radius 2 is 1.90 bits per heavy atom. The molecule has 2 unspecified atom stereocenters. The molecule has 58 valence electrons. The molecule has 0 aliphatic carbocycles. The van der Waals surface area contributed by atoms with Gasteiger partial charge in [0.1, 0.15) is 14.1 Å². The quantitative estimate of drug-likeness (QED) is 0.244. The molecule has 0 aromatic heterocycles. The summed E-state index contributed by atoms with van der Waals surface area (Å²) in [5, 5.41) is 1.28. The van der Waals surface area contributed by atoms with Gasteiger partial charge in [0, 0.05) is 14.2 Å². The number of nitrogens with two attached hydrogens (primary N) is 1. The number of methoxy groups -OCH3 is 2. The Bertz CT molecular complexity index is 83.7. The lowest BCUT2D eigenvalue weighted by atomic mass is 10.1. The number of rotatable bonds is 4. The van der Waals surface area contributed by atoms with E-state index in [1.165, 1.54) is 12.1 Å². The molecule has 0 saturated heterocycles. The molecule has 0 aromatic carbocycles. The van der Waals surface area contributed by atoms with Crippen molar-refractivity contribution in [2.45, 2.75) is 19.3 Å². The van der Waals surface area contributed by atoms with E-state index in [1.807, 2.05) is 0 Å². The molecule has 0 spiro atoms. The highest BCUT2D eigenvalue weighted by molar-refractivity contribution is 6.10. The molecular weight excluding hydrogens is 131 g/mol. The van der Waals surface area contributed by atoms with Crippen LogP contribution in [0, 0.1) is 0 Å². The van der Waals surface area contributed by atoms with E-state index in [2.05, 4.69) is 0 Å². The monoisotopic (exact) mass is 144 g/mol. The van der Waals surface area contributed by atoms with Crippen molar-refractivity contribution in [2.24, 2.45) is 5.84 Å². The van der Waals surface area contributed by atoms with Crippen LogP contribution in [0.15, 0.2) is 0 Å². The Morgan fingerprint density at radius 3 is 2.20 bits per heavy atom. The minimum Gasteiger partial charge on any atom is -0.375 e. The summed E-state index contributed by atoms with van der Waals surface area (Å²) >= 11 is 0. The van der Waals surface area contributed by atoms with Crippen molar-refractivity contribution >= 4 is 7.85 Å². The summed E-state index contributed by atoms with van der Waals surface area (Å²) in [6, 6.07) is 0. The first-order chi connectivity index (χ1) is 4.63. The van der Waals surface area contributed by atoms with Gasteiger partial charge in [-0.2, -0.15) is 0 Å². The maximum Gasteiger partial charge on any atom is 0.133 e. The Balaban J connectivity index is 3.69. The average molecular weight is 144 g/mol. The Kier molecular flexibility index (Phi) is 4.63. The molecule has 0 aliphatic rings. The van der Waals surface area contributed by atoms with Crippen LogP contribution in [0.4, 0.5) is 0 Å². The predicted octanol–water partition coefficient (Wildman–Crippen LogP) is -0.747. The van der Waals surface area contributed by atoms with E-state index >= 15 is 0 Å². The van der Waals surface area contributed by atoms with E-state index in [-0.39, 0.29) is 6.23 Å². The first-order valence-corrected chi connectivity index (χ1v) is 2.97. The highest BCUT2D eigenvalue weighted by Crippen LogP contribution is 1.96. The van der Waals surface area contributed by atoms with Gasteiger partial charge < -0.3 is 9.47 Å². The summed E-state index contributed by atoms with van der Waals surface area (Å²) in [6.45, 7) is 1.78. The second-order valence-electron chi connectivity index (χ2n) is 1.91. The third kappa shape index (κ3) is 2.66. The van der Waals surface area contributed by atoms with Crippen molar-refractivity contribution in [1.29, 1.82) is 0 Å². The van der Waals surface area contributed by atoms with E-state index in [9.17, 15) is 0 Å². The highest BCUT2D eigenvalue weighted by Gasteiger charge is 2.13. The normalized spacial score (nSPS) is 17.3. The maximum absolute atomic E-state index is 5.44. The van der Waals surface area contributed by atoms with Crippen LogP contribution in [0.1, 0.15) is 6.92 Å². The number of hydrogen-bond donors (Lipinski definition) is 1. The van der Waals surface area contributed by atoms with Gasteiger partial charge in [0.25, 0.3) is 0 Å². The fourth-order valence-electron chi connectivity index (χ4n) is 0.450. The van der Waals surface area contributed by atoms with Crippen LogP contribution in [0.2, 0.25) is 0 Å². The van der Waals surface area contributed by atoms with Gasteiger partial charge in [-0.05, 0) is 6.92 Å². The van der Waals surface area contributed by atoms with Crippen molar-refractivity contribution in [3.05, 3.63) is 0 Å². The first kappa shape index (κ1) is 9.90. The molecule has 0 amide bonds. The van der Waals surface area contributed by atoms with Gasteiger partial charge in [-0.1, -0.05) is 0 Å². The standard InChI is InChI=1S/C5H13BN2O2/c1-4(9-2)8(7)5(6)10-3/h4-5H,7H2,1-3H3. The van der Waals surface area contributed by atoms with E-state index in [0.717, 1.165) is 0 Å². The third-order valence-electron chi connectivity index (χ3n) is 1.30. The van der Waals surface area contributed by atoms with Gasteiger partial charge in [-0.25, -0.2) is 5.01 Å². The predicted molar refractivity (Wildman–Crippen MR) is 39.0 cm³/mol. The molecule has 5 heteroatoms. The van der Waals surface area contributed by atoms with Crippen LogP contribution in [0.25, 0.3) is 0 Å². The lowest BCUT2D eigenvalue weighted by Gasteiger charge is -2.27. The zero-order valence-corrected chi connectivity index (χ0v) is 6.57. The summed E-state index contributed by atoms with van der Waals surface area (Å²) in [7, 11) is 8.42. The van der Waals surface area contributed by atoms with Gasteiger partial charge >= 0.3 is 0 Å². The van der Waals surface area contributed by atoms with Crippen LogP contribution >= 0.6 is 0 Å². The molecule has 0 fully saturated rings. The van der Waals surface area contributed by atoms with Crippen LogP contribution < -0.4 is 5.84 Å². The van der Waals surface area contributed by atoms with Crippen molar-refractivity contribution in [3.8, 4) is 0 Å². The van der Waals surface area contributed by atoms with Crippen molar-refractivity contribution in [3.63, 3.8) is 0 Å². The molecule has 0 aromatic rings. The molecule has 0 rings (SSSR count). The molecular formula is C5H13BN2O2. The summed E-state index contributed by atoms with van der Waals surface area (Å²) in [6.07, 6.45) is -0.857. The second-order valence-corrected chi connectivity index (χ2v) is 1.91.